The highest BCUT2D eigenvalue weighted by molar-refractivity contribution is 7.98. The van der Waals surface area contributed by atoms with Crippen molar-refractivity contribution in [3.8, 4) is 11.5 Å². The van der Waals surface area contributed by atoms with Crippen molar-refractivity contribution in [3.05, 3.63) is 95.6 Å². The number of hydrogen-bond donors (Lipinski definition) is 27. The molecule has 30 N–H and O–H groups in total. The van der Waals surface area contributed by atoms with Gasteiger partial charge in [-0.3, -0.25) is 111 Å². The largest absolute Gasteiger partial charge is 0.508 e. The number of thioether (sulfide) groups is 2. The topological polar surface area (TPSA) is 813 Å². The number of guanidine groups is 1. The Balaban J connectivity index is 1.12. The molecule has 808 valence electrons. The van der Waals surface area contributed by atoms with Crippen molar-refractivity contribution in [1.29, 1.82) is 5.41 Å². The number of aliphatic carboxylic acids is 2. The second kappa shape index (κ2) is 61.0. The number of carboxylic acids is 2. The van der Waals surface area contributed by atoms with E-state index in [1.165, 1.54) is 112 Å². The molecule has 0 aliphatic carbocycles. The number of primary amides is 1. The number of benzene rings is 3. The van der Waals surface area contributed by atoms with Crippen molar-refractivity contribution in [2.75, 3.05) is 83.0 Å². The molecule has 0 aromatic heterocycles. The third-order valence-corrected chi connectivity index (χ3v) is 25.3. The van der Waals surface area contributed by atoms with Gasteiger partial charge in [0, 0.05) is 51.9 Å². The number of carbonyl (C=O) groups is 22. The van der Waals surface area contributed by atoms with Crippen LogP contribution in [0.15, 0.2) is 78.9 Å². The van der Waals surface area contributed by atoms with Crippen LogP contribution in [-0.2, 0) is 125 Å². The van der Waals surface area contributed by atoms with E-state index in [0.717, 1.165) is 9.80 Å². The van der Waals surface area contributed by atoms with Gasteiger partial charge in [-0.05, 0) is 162 Å². The number of phenolic OH excluding ortho intramolecular Hbond substituents is 2. The maximum absolute atomic E-state index is 15.0. The van der Waals surface area contributed by atoms with Gasteiger partial charge < -0.3 is 153 Å². The fraction of sp³-hybridized carbons (Fsp3) is 0.559. The van der Waals surface area contributed by atoms with Crippen molar-refractivity contribution in [3.63, 3.8) is 0 Å². The van der Waals surface area contributed by atoms with Gasteiger partial charge in [-0.2, -0.15) is 23.5 Å². The van der Waals surface area contributed by atoms with Crippen molar-refractivity contribution in [2.45, 2.75) is 240 Å². The number of aliphatic hydroxyl groups is 2. The molecule has 3 aromatic rings. The second-order valence-corrected chi connectivity index (χ2v) is 37.7. The summed E-state index contributed by atoms with van der Waals surface area (Å²) < 4.78 is 0. The van der Waals surface area contributed by atoms with Crippen molar-refractivity contribution >= 4 is 160 Å². The van der Waals surface area contributed by atoms with Crippen LogP contribution in [-0.4, -0.2) is 367 Å². The molecule has 17 atom stereocenters. The quantitative estimate of drug-likeness (QED) is 0.0142. The molecule has 54 heteroatoms. The molecule has 3 fully saturated rings. The van der Waals surface area contributed by atoms with E-state index < -0.39 is 303 Å². The summed E-state index contributed by atoms with van der Waals surface area (Å²) in [6.07, 6.45) is 0.968. The lowest BCUT2D eigenvalue weighted by Crippen LogP contribution is -2.61. The first-order valence-corrected chi connectivity index (χ1v) is 50.5. The normalized spacial score (nSPS) is 17.0. The van der Waals surface area contributed by atoms with Crippen LogP contribution in [0, 0.1) is 11.3 Å². The smallest absolute Gasteiger partial charge is 0.325 e. The van der Waals surface area contributed by atoms with Crippen LogP contribution in [0.2, 0.25) is 0 Å². The zero-order valence-electron chi connectivity index (χ0n) is 82.5. The molecule has 3 aliphatic heterocycles. The Morgan fingerprint density at radius 2 is 0.776 bits per heavy atom. The molecule has 3 aliphatic rings. The van der Waals surface area contributed by atoms with Gasteiger partial charge in [0.2, 0.25) is 118 Å². The van der Waals surface area contributed by atoms with Gasteiger partial charge in [0.05, 0.1) is 39.3 Å². The fourth-order valence-electron chi connectivity index (χ4n) is 16.0. The highest BCUT2D eigenvalue weighted by Gasteiger charge is 2.46. The summed E-state index contributed by atoms with van der Waals surface area (Å²) in [6, 6.07) is -6.53. The molecule has 3 heterocycles. The van der Waals surface area contributed by atoms with Crippen molar-refractivity contribution < 1.29 is 136 Å². The number of nitrogens with two attached hydrogens (primary N) is 3. The first-order valence-electron chi connectivity index (χ1n) is 47.7. The van der Waals surface area contributed by atoms with E-state index in [2.05, 4.69) is 90.4 Å². The molecule has 0 unspecified atom stereocenters. The molecule has 147 heavy (non-hydrogen) atoms. The molecule has 0 bridgehead atoms. The lowest BCUT2D eigenvalue weighted by atomic mass is 10.0. The minimum Gasteiger partial charge on any atom is -0.508 e. The fourth-order valence-corrected chi connectivity index (χ4v) is 17.0. The number of rotatable bonds is 60. The Kier molecular flexibility index (Phi) is 50.3. The molecule has 52 nitrogen and oxygen atoms in total. The van der Waals surface area contributed by atoms with Gasteiger partial charge in [-0.25, -0.2) is 0 Å². The average Bonchev–Trinajstić information content (AvgIpc) is 1.69. The molecular formula is C93H136N24O28S2. The molecule has 0 spiro atoms. The van der Waals surface area contributed by atoms with E-state index in [4.69, 9.17) is 22.6 Å². The number of aliphatic hydroxyl groups excluding tert-OH is 2. The summed E-state index contributed by atoms with van der Waals surface area (Å²) in [7, 11) is 0. The summed E-state index contributed by atoms with van der Waals surface area (Å²) >= 11 is 2.53. The number of nitrogens with zero attached hydrogens (tertiary/aromatic N) is 3. The Morgan fingerprint density at radius 3 is 1.24 bits per heavy atom. The number of phenols is 2. The van der Waals surface area contributed by atoms with Gasteiger partial charge in [0.25, 0.3) is 0 Å². The van der Waals surface area contributed by atoms with Crippen LogP contribution < -0.4 is 108 Å². The summed E-state index contributed by atoms with van der Waals surface area (Å²) in [6.45, 7) is 2.41. The Labute approximate surface area is 855 Å². The van der Waals surface area contributed by atoms with E-state index in [9.17, 15) is 131 Å². The minimum atomic E-state index is -1.93. The van der Waals surface area contributed by atoms with Crippen LogP contribution in [0.4, 0.5) is 0 Å². The van der Waals surface area contributed by atoms with E-state index in [1.807, 2.05) is 0 Å². The first kappa shape index (κ1) is 121. The van der Waals surface area contributed by atoms with Gasteiger partial charge in [-0.1, -0.05) is 68.4 Å². The van der Waals surface area contributed by atoms with Gasteiger partial charge in [0.15, 0.2) is 5.96 Å². The summed E-state index contributed by atoms with van der Waals surface area (Å²) in [4.78, 5) is 306. The van der Waals surface area contributed by atoms with Crippen molar-refractivity contribution in [2.24, 2.45) is 23.1 Å². The molecule has 3 saturated heterocycles. The lowest BCUT2D eigenvalue weighted by Gasteiger charge is -2.33. The van der Waals surface area contributed by atoms with E-state index >= 15 is 4.79 Å². The highest BCUT2D eigenvalue weighted by Crippen LogP contribution is 2.26. The van der Waals surface area contributed by atoms with Gasteiger partial charge in [-0.15, -0.1) is 0 Å². The number of carboxylic acid groups (broad SMARTS) is 2. The predicted molar refractivity (Wildman–Crippen MR) is 530 cm³/mol. The zero-order valence-corrected chi connectivity index (χ0v) is 84.2. The van der Waals surface area contributed by atoms with Gasteiger partial charge >= 0.3 is 11.9 Å². The molecule has 20 amide bonds. The first-order chi connectivity index (χ1) is 69.7. The Bertz CT molecular complexity index is 5130. The molecule has 0 saturated carbocycles. The number of likely N-dealkylation sites (tertiary alicyclic amines) is 3. The second-order valence-electron chi connectivity index (χ2n) is 35.7. The number of amides is 20. The monoisotopic (exact) mass is 2100 g/mol. The van der Waals surface area contributed by atoms with Crippen LogP contribution in [0.3, 0.4) is 0 Å². The van der Waals surface area contributed by atoms with Crippen LogP contribution >= 0.6 is 23.5 Å². The predicted octanol–water partition coefficient (Wildman–Crippen LogP) is -8.63. The third kappa shape index (κ3) is 39.7. The number of hydrogen-bond acceptors (Lipinski definition) is 30. The SMILES string of the molecule is CSCC[C@H](NC(=O)[C@H](CC(=O)O)NC(=O)[C@@H](NC(=O)[C@@H]1CCCN1C(=O)[C@H](CCSC)NC(=O)[C@@H]1CCCN1C(=O)[C@H](CCC(N)=O)NC(=O)[C@H](Cc1ccc(O)cc1)NC(=O)[C@H](CO)NC(=O)CNC(=O)[C@H](Cc1ccc(O)cc1)NC(=O)[C@H](CCCNC(=N)N)NC(=O)[C@H](C)NC(=O)[C@H](C)NC(=O)CN)C(C)C)C(=O)NCC(=O)N[C@@H](Cc1ccccc1)C(=O)N[C@@H](CO)C(=O)N1CCC[C@H]1C(=O)N[C@@H](C)C(=O)O. The van der Waals surface area contributed by atoms with Crippen molar-refractivity contribution in [1.82, 2.24) is 105 Å². The summed E-state index contributed by atoms with van der Waals surface area (Å²) in [5, 5.41) is 110. The average molecular weight is 2100 g/mol. The van der Waals surface area contributed by atoms with Crippen LogP contribution in [0.25, 0.3) is 0 Å². The zero-order chi connectivity index (χ0) is 109. The van der Waals surface area contributed by atoms with Gasteiger partial charge in [0.1, 0.15) is 114 Å². The standard InChI is InChI=1S/C93H136N24O28S2/c1-48(2)75(88(140)112-64(42-74(126)127)83(135)107-58(31-37-146-6)78(130)99-44-72(124)104-62(39-52-15-9-8-10-16-52)81(133)113-66(47-119)91(143)117-36-12-18-67(117)85(137)103-51(5)92(144)145)114-87(139)69-20-14-35-116(69)90(142)60(32-38-147-7)109-86(138)68-19-13-34-115(68)89(141)59(29-30-70(95)122)108-82(134)63(41-54-23-27-56(121)28-24-54)111-84(136)65(46-118)105-73(125)45-100-79(131)61(40-53-21-25-55(120)26-22-53)110-80(132)57(17-11-33-98-93(96)97)106-77(129)50(4)102-76(128)49(3)101-71(123)43-94/h8-10,15-16,21-28,48-51,57-69,75,118-121H,11-14,17-20,29-47,94H2,1-7H3,(H2,95,122)(H,99,130)(H,100,131)(H,101,123)(H,102,128)(H,103,137)(H,104,124)(H,105,125)(H,106,129)(H,107,135)(H,108,134)(H,109,138)(H,110,132)(H,111,136)(H,112,140)(H,113,133)(H,114,139)(H,126,127)(H,144,145)(H4,96,97,98)/t49-,50-,51-,57-,58-,59-,60-,61-,62-,63-,64-,65-,66-,67-,68-,69-,75-/m0/s1. The molecule has 6 rings (SSSR count). The maximum Gasteiger partial charge on any atom is 0.325 e. The third-order valence-electron chi connectivity index (χ3n) is 24.0. The lowest BCUT2D eigenvalue weighted by molar-refractivity contribution is -0.145. The molecule has 3 aromatic carbocycles. The maximum atomic E-state index is 15.0. The highest BCUT2D eigenvalue weighted by atomic mass is 32.2. The number of carbonyl (C=O) groups excluding carboxylic acids is 20. The Hall–Kier alpha value is -14.5. The number of aromatic hydroxyl groups is 2. The van der Waals surface area contributed by atoms with E-state index in [0.29, 0.717) is 17.5 Å². The van der Waals surface area contributed by atoms with E-state index in [1.54, 1.807) is 42.8 Å². The summed E-state index contributed by atoms with van der Waals surface area (Å²) in [5.41, 5.74) is 17.5. The summed E-state index contributed by atoms with van der Waals surface area (Å²) in [5.74, 6) is -23.1. The molecule has 0 radical (unpaired) electrons. The number of nitrogens with one attached hydrogen (secondary N) is 18. The van der Waals surface area contributed by atoms with E-state index in [-0.39, 0.29) is 125 Å². The molecular weight excluding hydrogens is 1970 g/mol. The minimum absolute atomic E-state index is 0.0171. The van der Waals surface area contributed by atoms with Crippen LogP contribution in [0.5, 0.6) is 11.5 Å². The Morgan fingerprint density at radius 1 is 0.395 bits per heavy atom. The van der Waals surface area contributed by atoms with Crippen LogP contribution in [0.1, 0.15) is 135 Å².